The van der Waals surface area contributed by atoms with E-state index in [2.05, 4.69) is 4.72 Å². The second-order valence-electron chi connectivity index (χ2n) is 6.13. The van der Waals surface area contributed by atoms with Gasteiger partial charge >= 0.3 is 0 Å². The van der Waals surface area contributed by atoms with Crippen LogP contribution in [0.15, 0.2) is 60.7 Å². The zero-order valence-electron chi connectivity index (χ0n) is 14.5. The molecular weight excluding hydrogens is 424 g/mol. The van der Waals surface area contributed by atoms with Crippen molar-refractivity contribution in [3.05, 3.63) is 87.7 Å². The molecule has 3 aromatic rings. The molecule has 0 aliphatic heterocycles. The third kappa shape index (κ3) is 4.90. The molecule has 4 nitrogen and oxygen atoms in total. The third-order valence-electron chi connectivity index (χ3n) is 3.86. The zero-order valence-corrected chi connectivity index (χ0v) is 16.9. The number of benzene rings is 3. The van der Waals surface area contributed by atoms with Gasteiger partial charge in [-0.3, -0.25) is 9.52 Å². The Morgan fingerprint density at radius 1 is 0.893 bits per heavy atom. The van der Waals surface area contributed by atoms with E-state index in [1.807, 2.05) is 0 Å². The predicted molar refractivity (Wildman–Crippen MR) is 110 cm³/mol. The summed E-state index contributed by atoms with van der Waals surface area (Å²) >= 11 is 11.9. The van der Waals surface area contributed by atoms with Gasteiger partial charge in [0, 0.05) is 26.7 Å². The quantitative estimate of drug-likeness (QED) is 0.543. The van der Waals surface area contributed by atoms with Crippen LogP contribution >= 0.6 is 23.2 Å². The lowest BCUT2D eigenvalue weighted by molar-refractivity contribution is 0.103. The van der Waals surface area contributed by atoms with Gasteiger partial charge in [0.05, 0.1) is 11.9 Å². The first-order chi connectivity index (χ1) is 13.1. The number of hydrogen-bond donors (Lipinski definition) is 1. The van der Waals surface area contributed by atoms with E-state index in [1.165, 1.54) is 48.5 Å². The summed E-state index contributed by atoms with van der Waals surface area (Å²) in [5.74, 6) is -0.780. The number of hydrogen-bond acceptors (Lipinski definition) is 3. The van der Waals surface area contributed by atoms with Crippen LogP contribution in [0, 0.1) is 5.82 Å². The van der Waals surface area contributed by atoms with Crippen molar-refractivity contribution >= 4 is 44.7 Å². The molecule has 0 atom stereocenters. The Morgan fingerprint density at radius 3 is 2.07 bits per heavy atom. The second-order valence-corrected chi connectivity index (χ2v) is 8.75. The Hall–Kier alpha value is -2.41. The molecule has 0 heterocycles. The Kier molecular flexibility index (Phi) is 5.74. The van der Waals surface area contributed by atoms with Crippen LogP contribution in [-0.4, -0.2) is 20.5 Å². The van der Waals surface area contributed by atoms with Gasteiger partial charge in [0.25, 0.3) is 0 Å². The maximum absolute atomic E-state index is 13.2. The number of nitrogens with one attached hydrogen (secondary N) is 1. The number of ketones is 1. The summed E-state index contributed by atoms with van der Waals surface area (Å²) in [4.78, 5) is 12.8. The highest BCUT2D eigenvalue weighted by molar-refractivity contribution is 7.92. The molecule has 28 heavy (non-hydrogen) atoms. The molecular formula is C20H14Cl2FNO3S. The number of carbonyl (C=O) groups is 1. The van der Waals surface area contributed by atoms with Crippen LogP contribution in [0.4, 0.5) is 10.1 Å². The summed E-state index contributed by atoms with van der Waals surface area (Å²) in [6.45, 7) is 0. The highest BCUT2D eigenvalue weighted by atomic mass is 35.5. The first-order valence-corrected chi connectivity index (χ1v) is 10.7. The maximum atomic E-state index is 13.2. The number of anilines is 1. The number of sulfonamides is 1. The van der Waals surface area contributed by atoms with Gasteiger partial charge in [-0.1, -0.05) is 47.5 Å². The number of carbonyl (C=O) groups excluding carboxylic acids is 1. The largest absolute Gasteiger partial charge is 0.289 e. The Bertz CT molecular complexity index is 1140. The molecule has 0 radical (unpaired) electrons. The Balaban J connectivity index is 2.10. The molecule has 0 spiro atoms. The topological polar surface area (TPSA) is 63.2 Å². The molecule has 144 valence electrons. The number of rotatable bonds is 5. The van der Waals surface area contributed by atoms with Gasteiger partial charge in [0.1, 0.15) is 5.82 Å². The molecule has 3 aromatic carbocycles. The highest BCUT2D eigenvalue weighted by Gasteiger charge is 2.16. The van der Waals surface area contributed by atoms with Gasteiger partial charge in [-0.2, -0.15) is 0 Å². The van der Waals surface area contributed by atoms with E-state index in [4.69, 9.17) is 23.2 Å². The van der Waals surface area contributed by atoms with Crippen molar-refractivity contribution in [2.75, 3.05) is 11.0 Å². The monoisotopic (exact) mass is 437 g/mol. The molecule has 0 fully saturated rings. The van der Waals surface area contributed by atoms with Gasteiger partial charge < -0.3 is 0 Å². The Morgan fingerprint density at radius 2 is 1.50 bits per heavy atom. The van der Waals surface area contributed by atoms with Crippen molar-refractivity contribution < 1.29 is 17.6 Å². The van der Waals surface area contributed by atoms with Crippen LogP contribution in [0.5, 0.6) is 0 Å². The van der Waals surface area contributed by atoms with E-state index < -0.39 is 15.8 Å². The fourth-order valence-corrected chi connectivity index (χ4v) is 3.80. The molecule has 0 saturated heterocycles. The predicted octanol–water partition coefficient (Wildman–Crippen LogP) is 5.40. The lowest BCUT2D eigenvalue weighted by atomic mass is 9.97. The molecule has 0 amide bonds. The van der Waals surface area contributed by atoms with Crippen LogP contribution in [0.1, 0.15) is 15.9 Å². The van der Waals surface area contributed by atoms with Crippen LogP contribution < -0.4 is 4.72 Å². The van der Waals surface area contributed by atoms with E-state index in [0.717, 1.165) is 6.26 Å². The summed E-state index contributed by atoms with van der Waals surface area (Å²) in [6.07, 6.45) is 1.01. The SMILES string of the molecule is CS(=O)(=O)Nc1cc(C(=O)c2cc(Cl)cc(Cl)c2)ccc1-c1ccc(F)cc1. The number of halogens is 3. The second kappa shape index (κ2) is 7.91. The average Bonchev–Trinajstić information content (AvgIpc) is 2.60. The van der Waals surface area contributed by atoms with Gasteiger partial charge in [0.15, 0.2) is 5.78 Å². The lowest BCUT2D eigenvalue weighted by Crippen LogP contribution is -2.11. The average molecular weight is 438 g/mol. The minimum Gasteiger partial charge on any atom is -0.289 e. The van der Waals surface area contributed by atoms with Gasteiger partial charge in [-0.05, 0) is 42.0 Å². The van der Waals surface area contributed by atoms with E-state index in [9.17, 15) is 17.6 Å². The minimum absolute atomic E-state index is 0.202. The molecule has 0 saturated carbocycles. The first-order valence-electron chi connectivity index (χ1n) is 8.01. The van der Waals surface area contributed by atoms with Crippen molar-refractivity contribution in [1.29, 1.82) is 0 Å². The van der Waals surface area contributed by atoms with Gasteiger partial charge in [-0.25, -0.2) is 12.8 Å². The summed E-state index contributed by atoms with van der Waals surface area (Å²) in [5.41, 5.74) is 1.82. The van der Waals surface area contributed by atoms with E-state index >= 15 is 0 Å². The fourth-order valence-electron chi connectivity index (χ4n) is 2.70. The van der Waals surface area contributed by atoms with E-state index in [-0.39, 0.29) is 22.6 Å². The molecule has 0 unspecified atom stereocenters. The van der Waals surface area contributed by atoms with E-state index in [1.54, 1.807) is 12.1 Å². The maximum Gasteiger partial charge on any atom is 0.229 e. The van der Waals surface area contributed by atoms with Crippen LogP contribution in [0.2, 0.25) is 10.0 Å². The zero-order chi connectivity index (χ0) is 20.5. The smallest absolute Gasteiger partial charge is 0.229 e. The molecule has 0 aliphatic carbocycles. The van der Waals surface area contributed by atoms with E-state index in [0.29, 0.717) is 21.2 Å². The van der Waals surface area contributed by atoms with Gasteiger partial charge in [-0.15, -0.1) is 0 Å². The molecule has 0 aliphatic rings. The normalized spacial score (nSPS) is 11.3. The summed E-state index contributed by atoms with van der Waals surface area (Å²) in [6, 6.07) is 14.6. The molecule has 1 N–H and O–H groups in total. The summed E-state index contributed by atoms with van der Waals surface area (Å²) in [7, 11) is -3.61. The molecule has 3 rings (SSSR count). The van der Waals surface area contributed by atoms with Crippen molar-refractivity contribution in [2.45, 2.75) is 0 Å². The standard InChI is InChI=1S/C20H14Cl2FNO3S/c1-28(26,27)24-19-10-13(20(25)14-8-15(21)11-16(22)9-14)4-7-18(19)12-2-5-17(23)6-3-12/h2-11,24H,1H3. The van der Waals surface area contributed by atoms with Crippen LogP contribution in [0.3, 0.4) is 0 Å². The Labute approximate surface area is 172 Å². The van der Waals surface area contributed by atoms with Crippen molar-refractivity contribution in [1.82, 2.24) is 0 Å². The molecule has 8 heteroatoms. The van der Waals surface area contributed by atoms with Crippen LogP contribution in [0.25, 0.3) is 11.1 Å². The van der Waals surface area contributed by atoms with Crippen molar-refractivity contribution in [3.8, 4) is 11.1 Å². The highest BCUT2D eigenvalue weighted by Crippen LogP contribution is 2.31. The van der Waals surface area contributed by atoms with Crippen molar-refractivity contribution in [2.24, 2.45) is 0 Å². The summed E-state index contributed by atoms with van der Waals surface area (Å²) in [5, 5.41) is 0.626. The minimum atomic E-state index is -3.61. The van der Waals surface area contributed by atoms with Crippen molar-refractivity contribution in [3.63, 3.8) is 0 Å². The summed E-state index contributed by atoms with van der Waals surface area (Å²) < 4.78 is 39.2. The lowest BCUT2D eigenvalue weighted by Gasteiger charge is -2.13. The molecule has 0 aromatic heterocycles. The van der Waals surface area contributed by atoms with Crippen LogP contribution in [-0.2, 0) is 10.0 Å². The fraction of sp³-hybridized carbons (Fsp3) is 0.0500. The third-order valence-corrected chi connectivity index (χ3v) is 4.88. The molecule has 0 bridgehead atoms. The first kappa shape index (κ1) is 20.3. The van der Waals surface area contributed by atoms with Gasteiger partial charge in [0.2, 0.25) is 10.0 Å².